The van der Waals surface area contributed by atoms with Crippen molar-refractivity contribution < 1.29 is 13.2 Å². The summed E-state index contributed by atoms with van der Waals surface area (Å²) in [7, 11) is -1.76. The van der Waals surface area contributed by atoms with Gasteiger partial charge in [0.05, 0.1) is 41.6 Å². The lowest BCUT2D eigenvalue weighted by Gasteiger charge is -2.33. The number of sulfone groups is 1. The van der Waals surface area contributed by atoms with Crippen molar-refractivity contribution in [1.29, 1.82) is 5.26 Å². The van der Waals surface area contributed by atoms with Crippen molar-refractivity contribution in [2.75, 3.05) is 49.8 Å². The molecule has 1 aliphatic rings. The summed E-state index contributed by atoms with van der Waals surface area (Å²) in [5, 5.41) is 12.5. The maximum atomic E-state index is 12.9. The summed E-state index contributed by atoms with van der Waals surface area (Å²) in [5.74, 6) is 1.49. The molecule has 34 heavy (non-hydrogen) atoms. The molecular weight excluding hydrogens is 454 g/mol. The molecular formula is C23H29N7O3S. The highest BCUT2D eigenvalue weighted by molar-refractivity contribution is 7.91. The van der Waals surface area contributed by atoms with Crippen LogP contribution in [-0.4, -0.2) is 67.5 Å². The number of aromatic nitrogens is 4. The highest BCUT2D eigenvalue weighted by atomic mass is 32.2. The van der Waals surface area contributed by atoms with Gasteiger partial charge < -0.3 is 15.0 Å². The molecule has 1 N–H and O–H groups in total. The standard InChI is InChI=1S/C23H29N7O3S/c1-6-16-19(23(2,3)34(5,31)32)27-22(28-20(16)29-9-11-33-12-10-29)30-18-13-15(14-24)7-8-17(18)26-21(30)25-4/h7-8,13H,6,9-12H2,1-5H3,(H,25,26). The second-order valence-electron chi connectivity index (χ2n) is 8.75. The number of nitrogens with zero attached hydrogens (tertiary/aromatic N) is 6. The van der Waals surface area contributed by atoms with E-state index in [0.29, 0.717) is 72.7 Å². The Morgan fingerprint density at radius 1 is 1.21 bits per heavy atom. The third-order valence-electron chi connectivity index (χ3n) is 6.34. The molecule has 0 spiro atoms. The van der Waals surface area contributed by atoms with Crippen LogP contribution in [0.5, 0.6) is 0 Å². The van der Waals surface area contributed by atoms with Gasteiger partial charge in [0.25, 0.3) is 0 Å². The molecule has 0 radical (unpaired) electrons. The number of nitriles is 1. The minimum absolute atomic E-state index is 0.298. The zero-order valence-electron chi connectivity index (χ0n) is 20.1. The Hall–Kier alpha value is -3.23. The van der Waals surface area contributed by atoms with Gasteiger partial charge in [-0.15, -0.1) is 0 Å². The number of hydrogen-bond acceptors (Lipinski definition) is 9. The largest absolute Gasteiger partial charge is 0.378 e. The first-order valence-electron chi connectivity index (χ1n) is 11.2. The number of fused-ring (bicyclic) bond motifs is 1. The molecule has 10 nitrogen and oxygen atoms in total. The normalized spacial score (nSPS) is 14.9. The zero-order chi connectivity index (χ0) is 24.7. The quantitative estimate of drug-likeness (QED) is 0.562. The number of anilines is 2. The fraction of sp³-hybridized carbons (Fsp3) is 0.478. The molecule has 4 rings (SSSR count). The lowest BCUT2D eigenvalue weighted by molar-refractivity contribution is 0.122. The molecule has 180 valence electrons. The van der Waals surface area contributed by atoms with Crippen LogP contribution in [0.4, 0.5) is 11.8 Å². The summed E-state index contributed by atoms with van der Waals surface area (Å²) in [4.78, 5) is 16.5. The van der Waals surface area contributed by atoms with E-state index < -0.39 is 14.6 Å². The highest BCUT2D eigenvalue weighted by Crippen LogP contribution is 2.36. The smallest absolute Gasteiger partial charge is 0.239 e. The minimum atomic E-state index is -3.51. The Bertz CT molecular complexity index is 1380. The van der Waals surface area contributed by atoms with Gasteiger partial charge >= 0.3 is 0 Å². The Labute approximate surface area is 199 Å². The fourth-order valence-corrected chi connectivity index (χ4v) is 4.63. The van der Waals surface area contributed by atoms with Crippen LogP contribution in [0.15, 0.2) is 18.2 Å². The molecule has 0 amide bonds. The molecule has 11 heteroatoms. The molecule has 0 saturated carbocycles. The molecule has 1 aliphatic heterocycles. The first-order chi connectivity index (χ1) is 16.1. The van der Waals surface area contributed by atoms with Crippen LogP contribution >= 0.6 is 0 Å². The molecule has 1 saturated heterocycles. The van der Waals surface area contributed by atoms with Crippen LogP contribution in [-0.2, 0) is 25.7 Å². The van der Waals surface area contributed by atoms with E-state index in [1.54, 1.807) is 43.7 Å². The van der Waals surface area contributed by atoms with Crippen LogP contribution in [0.3, 0.4) is 0 Å². The Balaban J connectivity index is 2.08. The van der Waals surface area contributed by atoms with Crippen molar-refractivity contribution in [2.24, 2.45) is 0 Å². The van der Waals surface area contributed by atoms with Crippen molar-refractivity contribution in [3.8, 4) is 12.0 Å². The number of rotatable bonds is 6. The van der Waals surface area contributed by atoms with E-state index >= 15 is 0 Å². The lowest BCUT2D eigenvalue weighted by atomic mass is 10.0. The van der Waals surface area contributed by atoms with Crippen LogP contribution in [0.2, 0.25) is 0 Å². The highest BCUT2D eigenvalue weighted by Gasteiger charge is 2.38. The van der Waals surface area contributed by atoms with Crippen LogP contribution in [0.1, 0.15) is 37.6 Å². The second-order valence-corrected chi connectivity index (χ2v) is 11.3. The zero-order valence-corrected chi connectivity index (χ0v) is 20.9. The number of imidazole rings is 1. The van der Waals surface area contributed by atoms with Crippen LogP contribution in [0, 0.1) is 11.3 Å². The van der Waals surface area contributed by atoms with Gasteiger partial charge in [-0.2, -0.15) is 10.2 Å². The first kappa shape index (κ1) is 23.9. The summed E-state index contributed by atoms with van der Waals surface area (Å²) in [6.45, 7) is 7.75. The van der Waals surface area contributed by atoms with E-state index in [4.69, 9.17) is 14.7 Å². The molecule has 0 unspecified atom stereocenters. The summed E-state index contributed by atoms with van der Waals surface area (Å²) in [6, 6.07) is 7.37. The summed E-state index contributed by atoms with van der Waals surface area (Å²) in [6.07, 6.45) is 1.80. The van der Waals surface area contributed by atoms with E-state index in [1.165, 1.54) is 6.26 Å². The molecule has 1 fully saturated rings. The molecule has 3 aromatic rings. The van der Waals surface area contributed by atoms with Crippen molar-refractivity contribution >= 4 is 32.6 Å². The maximum absolute atomic E-state index is 12.9. The van der Waals surface area contributed by atoms with E-state index in [-0.39, 0.29) is 0 Å². The van der Waals surface area contributed by atoms with E-state index in [9.17, 15) is 13.7 Å². The third-order valence-corrected chi connectivity index (χ3v) is 8.39. The maximum Gasteiger partial charge on any atom is 0.239 e. The monoisotopic (exact) mass is 483 g/mol. The van der Waals surface area contributed by atoms with Crippen LogP contribution in [0.25, 0.3) is 17.0 Å². The van der Waals surface area contributed by atoms with E-state index in [1.807, 2.05) is 6.92 Å². The third kappa shape index (κ3) is 3.97. The molecule has 0 atom stereocenters. The molecule has 0 aliphatic carbocycles. The van der Waals surface area contributed by atoms with Crippen molar-refractivity contribution in [3.05, 3.63) is 35.0 Å². The Kier molecular flexibility index (Phi) is 6.22. The Morgan fingerprint density at radius 2 is 1.91 bits per heavy atom. The Morgan fingerprint density at radius 3 is 2.50 bits per heavy atom. The number of morpholine rings is 1. The summed E-state index contributed by atoms with van der Waals surface area (Å²) in [5.41, 5.74) is 3.07. The number of hydrogen-bond donors (Lipinski definition) is 1. The van der Waals surface area contributed by atoms with Gasteiger partial charge in [-0.3, -0.25) is 0 Å². The predicted molar refractivity (Wildman–Crippen MR) is 131 cm³/mol. The topological polar surface area (TPSA) is 126 Å². The lowest BCUT2D eigenvalue weighted by Crippen LogP contribution is -2.39. The van der Waals surface area contributed by atoms with Crippen LogP contribution < -0.4 is 10.2 Å². The average Bonchev–Trinajstić information content (AvgIpc) is 3.20. The summed E-state index contributed by atoms with van der Waals surface area (Å²) >= 11 is 0. The summed E-state index contributed by atoms with van der Waals surface area (Å²) < 4.78 is 31.8. The number of benzene rings is 1. The van der Waals surface area contributed by atoms with E-state index in [2.05, 4.69) is 21.3 Å². The van der Waals surface area contributed by atoms with E-state index in [0.717, 1.165) is 5.56 Å². The first-order valence-corrected chi connectivity index (χ1v) is 13.1. The molecule has 2 aromatic heterocycles. The minimum Gasteiger partial charge on any atom is -0.378 e. The molecule has 0 bridgehead atoms. The van der Waals surface area contributed by atoms with Gasteiger partial charge in [-0.1, -0.05) is 6.92 Å². The van der Waals surface area contributed by atoms with Gasteiger partial charge in [0.1, 0.15) is 10.6 Å². The van der Waals surface area contributed by atoms with Gasteiger partial charge in [-0.05, 0) is 38.5 Å². The molecule has 3 heterocycles. The molecule has 1 aromatic carbocycles. The van der Waals surface area contributed by atoms with Gasteiger partial charge in [0, 0.05) is 32.0 Å². The van der Waals surface area contributed by atoms with Gasteiger partial charge in [0.2, 0.25) is 11.9 Å². The van der Waals surface area contributed by atoms with Crippen molar-refractivity contribution in [3.63, 3.8) is 0 Å². The van der Waals surface area contributed by atoms with Gasteiger partial charge in [0.15, 0.2) is 9.84 Å². The van der Waals surface area contributed by atoms with Crippen molar-refractivity contribution in [1.82, 2.24) is 19.5 Å². The fourth-order valence-electron chi connectivity index (χ4n) is 4.11. The SMILES string of the molecule is CCc1c(N2CCOCC2)nc(-n2c(NC)nc3ccc(C#N)cc32)nc1C(C)(C)S(C)(=O)=O. The number of ether oxygens (including phenoxy) is 1. The predicted octanol–water partition coefficient (Wildman–Crippen LogP) is 2.41. The number of nitrogens with one attached hydrogen (secondary N) is 1. The second kappa shape index (κ2) is 8.85. The van der Waals surface area contributed by atoms with Crippen molar-refractivity contribution in [2.45, 2.75) is 31.9 Å². The average molecular weight is 484 g/mol. The van der Waals surface area contributed by atoms with Gasteiger partial charge in [-0.25, -0.2) is 23.0 Å².